The Balaban J connectivity index is 2.23. The van der Waals surface area contributed by atoms with Gasteiger partial charge < -0.3 is 0 Å². The van der Waals surface area contributed by atoms with E-state index in [4.69, 9.17) is 34.8 Å². The van der Waals surface area contributed by atoms with Crippen molar-refractivity contribution in [3.05, 3.63) is 69.7 Å². The first-order valence-electron chi connectivity index (χ1n) is 5.75. The maximum atomic E-state index is 11.6. The van der Waals surface area contributed by atoms with Crippen LogP contribution in [0.2, 0.25) is 10.0 Å². The molecule has 4 heteroatoms. The van der Waals surface area contributed by atoms with Crippen molar-refractivity contribution in [1.29, 1.82) is 0 Å². The Morgan fingerprint density at radius 1 is 0.895 bits per heavy atom. The summed E-state index contributed by atoms with van der Waals surface area (Å²) in [5, 5.41) is 0.928. The maximum absolute atomic E-state index is 11.6. The number of rotatable bonds is 4. The molecule has 2 rings (SSSR count). The molecule has 0 aliphatic heterocycles. The molecule has 0 saturated carbocycles. The smallest absolute Gasteiger partial charge is 0.229 e. The van der Waals surface area contributed by atoms with Gasteiger partial charge in [-0.05, 0) is 53.4 Å². The van der Waals surface area contributed by atoms with Crippen LogP contribution in [-0.4, -0.2) is 5.24 Å². The summed E-state index contributed by atoms with van der Waals surface area (Å²) in [7, 11) is 0. The Bertz CT molecular complexity index is 561. The normalized spacial score (nSPS) is 12.2. The summed E-state index contributed by atoms with van der Waals surface area (Å²) in [6.45, 7) is 0. The first-order chi connectivity index (χ1) is 9.06. The van der Waals surface area contributed by atoms with Gasteiger partial charge in [-0.15, -0.1) is 0 Å². The molecule has 0 saturated heterocycles. The highest BCUT2D eigenvalue weighted by atomic mass is 35.5. The summed E-state index contributed by atoms with van der Waals surface area (Å²) in [5.41, 5.74) is 1.87. The highest BCUT2D eigenvalue weighted by Crippen LogP contribution is 2.25. The second-order valence-electron chi connectivity index (χ2n) is 4.24. The van der Waals surface area contributed by atoms with Gasteiger partial charge in [-0.2, -0.15) is 0 Å². The number of carbonyl (C=O) groups is 1. The van der Waals surface area contributed by atoms with Crippen LogP contribution in [0.5, 0.6) is 0 Å². The lowest BCUT2D eigenvalue weighted by Crippen LogP contribution is -2.10. The predicted octanol–water partition coefficient (Wildman–Crippen LogP) is 5.09. The molecule has 98 valence electrons. The summed E-state index contributed by atoms with van der Waals surface area (Å²) in [4.78, 5) is 11.6. The highest BCUT2D eigenvalue weighted by Gasteiger charge is 2.19. The molecule has 0 aliphatic rings. The van der Waals surface area contributed by atoms with Gasteiger partial charge in [0, 0.05) is 10.0 Å². The minimum absolute atomic E-state index is 0.375. The zero-order chi connectivity index (χ0) is 13.8. The number of benzene rings is 2. The highest BCUT2D eigenvalue weighted by molar-refractivity contribution is 6.64. The van der Waals surface area contributed by atoms with Gasteiger partial charge in [-0.3, -0.25) is 4.79 Å². The van der Waals surface area contributed by atoms with Gasteiger partial charge in [-0.1, -0.05) is 47.5 Å². The van der Waals surface area contributed by atoms with Crippen LogP contribution >= 0.6 is 34.8 Å². The van der Waals surface area contributed by atoms with Crippen molar-refractivity contribution in [2.45, 2.75) is 12.3 Å². The molecule has 2 aromatic rings. The minimum atomic E-state index is -0.378. The summed E-state index contributed by atoms with van der Waals surface area (Å²) >= 11 is 17.4. The Morgan fingerprint density at radius 3 is 1.84 bits per heavy atom. The first kappa shape index (κ1) is 14.4. The third-order valence-electron chi connectivity index (χ3n) is 2.90. The lowest BCUT2D eigenvalue weighted by molar-refractivity contribution is -0.113. The van der Waals surface area contributed by atoms with Crippen molar-refractivity contribution in [1.82, 2.24) is 0 Å². The summed E-state index contributed by atoms with van der Waals surface area (Å²) in [6.07, 6.45) is 0.543. The third kappa shape index (κ3) is 3.97. The van der Waals surface area contributed by atoms with E-state index >= 15 is 0 Å². The van der Waals surface area contributed by atoms with Crippen LogP contribution in [0.3, 0.4) is 0 Å². The molecule has 0 heterocycles. The van der Waals surface area contributed by atoms with E-state index in [0.717, 1.165) is 11.1 Å². The summed E-state index contributed by atoms with van der Waals surface area (Å²) < 4.78 is 0. The first-order valence-corrected chi connectivity index (χ1v) is 6.89. The number of carbonyl (C=O) groups excluding carboxylic acids is 1. The van der Waals surface area contributed by atoms with Crippen molar-refractivity contribution in [2.24, 2.45) is 0 Å². The molecule has 0 N–H and O–H groups in total. The third-order valence-corrected chi connectivity index (χ3v) is 3.67. The van der Waals surface area contributed by atoms with Gasteiger partial charge in [0.1, 0.15) is 0 Å². The summed E-state index contributed by atoms with van der Waals surface area (Å²) in [6, 6.07) is 14.5. The van der Waals surface area contributed by atoms with Gasteiger partial charge >= 0.3 is 0 Å². The van der Waals surface area contributed by atoms with Gasteiger partial charge in [-0.25, -0.2) is 0 Å². The van der Waals surface area contributed by atoms with Crippen molar-refractivity contribution in [3.63, 3.8) is 0 Å². The molecule has 0 spiro atoms. The zero-order valence-electron chi connectivity index (χ0n) is 9.95. The molecule has 0 bridgehead atoms. The van der Waals surface area contributed by atoms with E-state index < -0.39 is 0 Å². The second kappa shape index (κ2) is 6.42. The summed E-state index contributed by atoms with van der Waals surface area (Å²) in [5.74, 6) is -0.375. The fourth-order valence-electron chi connectivity index (χ4n) is 1.88. The van der Waals surface area contributed by atoms with Crippen LogP contribution in [0.1, 0.15) is 17.0 Å². The quantitative estimate of drug-likeness (QED) is 0.719. The SMILES string of the molecule is O=C(Cl)C(Cc1ccc(Cl)cc1)c1ccc(Cl)cc1. The standard InChI is InChI=1S/C15H11Cl3O/c16-12-5-1-10(2-6-12)9-14(15(18)19)11-3-7-13(17)8-4-11/h1-8,14H,9H2. The fraction of sp³-hybridized carbons (Fsp3) is 0.133. The fourth-order valence-corrected chi connectivity index (χ4v) is 2.34. The van der Waals surface area contributed by atoms with Crippen LogP contribution in [0.15, 0.2) is 48.5 Å². The van der Waals surface area contributed by atoms with Gasteiger partial charge in [0.2, 0.25) is 5.24 Å². The van der Waals surface area contributed by atoms with E-state index in [0.29, 0.717) is 16.5 Å². The average molecular weight is 314 g/mol. The molecule has 2 aromatic carbocycles. The molecular weight excluding hydrogens is 303 g/mol. The molecule has 19 heavy (non-hydrogen) atoms. The average Bonchev–Trinajstić information content (AvgIpc) is 2.39. The minimum Gasteiger partial charge on any atom is -0.281 e. The second-order valence-corrected chi connectivity index (χ2v) is 5.48. The van der Waals surface area contributed by atoms with E-state index in [2.05, 4.69) is 0 Å². The van der Waals surface area contributed by atoms with Crippen LogP contribution in [-0.2, 0) is 11.2 Å². The van der Waals surface area contributed by atoms with E-state index in [1.807, 2.05) is 24.3 Å². The van der Waals surface area contributed by atoms with Crippen LogP contribution in [0.25, 0.3) is 0 Å². The van der Waals surface area contributed by atoms with Crippen molar-refractivity contribution in [3.8, 4) is 0 Å². The predicted molar refractivity (Wildman–Crippen MR) is 80.2 cm³/mol. The largest absolute Gasteiger partial charge is 0.281 e. The number of hydrogen-bond acceptors (Lipinski definition) is 1. The topological polar surface area (TPSA) is 17.1 Å². The van der Waals surface area contributed by atoms with Crippen LogP contribution in [0, 0.1) is 0 Å². The van der Waals surface area contributed by atoms with Gasteiger partial charge in [0.25, 0.3) is 0 Å². The molecule has 1 atom stereocenters. The molecular formula is C15H11Cl3O. The van der Waals surface area contributed by atoms with E-state index in [-0.39, 0.29) is 11.2 Å². The lowest BCUT2D eigenvalue weighted by atomic mass is 9.93. The molecule has 1 unspecified atom stereocenters. The number of halogens is 3. The molecule has 0 radical (unpaired) electrons. The van der Waals surface area contributed by atoms with Gasteiger partial charge in [0.15, 0.2) is 0 Å². The van der Waals surface area contributed by atoms with Crippen molar-refractivity contribution in [2.75, 3.05) is 0 Å². The monoisotopic (exact) mass is 312 g/mol. The Morgan fingerprint density at radius 2 is 1.37 bits per heavy atom. The van der Waals surface area contributed by atoms with E-state index in [1.54, 1.807) is 24.3 Å². The van der Waals surface area contributed by atoms with Crippen LogP contribution in [0.4, 0.5) is 0 Å². The molecule has 0 aromatic heterocycles. The van der Waals surface area contributed by atoms with Crippen molar-refractivity contribution >= 4 is 40.0 Å². The Hall–Kier alpha value is -1.02. The molecule has 0 amide bonds. The van der Waals surface area contributed by atoms with E-state index in [9.17, 15) is 4.79 Å². The van der Waals surface area contributed by atoms with E-state index in [1.165, 1.54) is 0 Å². The molecule has 1 nitrogen and oxygen atoms in total. The number of hydrogen-bond donors (Lipinski definition) is 0. The molecule has 0 fully saturated rings. The molecule has 0 aliphatic carbocycles. The maximum Gasteiger partial charge on any atom is 0.229 e. The van der Waals surface area contributed by atoms with Crippen LogP contribution < -0.4 is 0 Å². The Kier molecular flexibility index (Phi) is 4.87. The zero-order valence-corrected chi connectivity index (χ0v) is 12.2. The Labute approximate surface area is 127 Å². The lowest BCUT2D eigenvalue weighted by Gasteiger charge is -2.13. The van der Waals surface area contributed by atoms with Gasteiger partial charge in [0.05, 0.1) is 5.92 Å². The van der Waals surface area contributed by atoms with Crippen molar-refractivity contribution < 1.29 is 4.79 Å².